The quantitative estimate of drug-likeness (QED) is 0.253. The van der Waals surface area contributed by atoms with Crippen molar-refractivity contribution in [3.8, 4) is 11.4 Å². The van der Waals surface area contributed by atoms with Crippen LogP contribution in [0.3, 0.4) is 0 Å². The average Bonchev–Trinajstić information content (AvgIpc) is 3.06. The van der Waals surface area contributed by atoms with E-state index >= 15 is 0 Å². The minimum absolute atomic E-state index is 0.186. The highest BCUT2D eigenvalue weighted by Crippen LogP contribution is 2.37. The standard InChI is InChI=1S/C18H15F3N6O3S/c1-10-2-4-11(5-3-10)16-24-25-17(26(16)22)31-9-15(28)23-14-7-6-12(27(29)30)8-13(14)18(19,20)21/h2-8H,9,22H2,1H3,(H,23,28). The topological polar surface area (TPSA) is 129 Å². The van der Waals surface area contributed by atoms with E-state index in [-0.39, 0.29) is 10.9 Å². The lowest BCUT2D eigenvalue weighted by Gasteiger charge is -2.13. The summed E-state index contributed by atoms with van der Waals surface area (Å²) >= 11 is 0.877. The van der Waals surface area contributed by atoms with Crippen LogP contribution in [0, 0.1) is 17.0 Å². The summed E-state index contributed by atoms with van der Waals surface area (Å²) in [4.78, 5) is 22.0. The molecule has 2 aromatic carbocycles. The second-order valence-corrected chi connectivity index (χ2v) is 7.31. The van der Waals surface area contributed by atoms with Crippen molar-refractivity contribution in [2.75, 3.05) is 16.9 Å². The van der Waals surface area contributed by atoms with Crippen molar-refractivity contribution in [1.82, 2.24) is 14.9 Å². The number of aryl methyl sites for hydroxylation is 1. The number of carbonyl (C=O) groups is 1. The summed E-state index contributed by atoms with van der Waals surface area (Å²) in [6, 6.07) is 9.42. The Morgan fingerprint density at radius 2 is 1.90 bits per heavy atom. The number of rotatable bonds is 6. The second-order valence-electron chi connectivity index (χ2n) is 6.36. The minimum atomic E-state index is -4.89. The molecule has 0 atom stereocenters. The number of thioether (sulfide) groups is 1. The fourth-order valence-corrected chi connectivity index (χ4v) is 3.24. The first-order valence-corrected chi connectivity index (χ1v) is 9.60. The highest BCUT2D eigenvalue weighted by Gasteiger charge is 2.35. The maximum atomic E-state index is 13.2. The minimum Gasteiger partial charge on any atom is -0.335 e. The van der Waals surface area contributed by atoms with Gasteiger partial charge >= 0.3 is 6.18 Å². The van der Waals surface area contributed by atoms with Crippen molar-refractivity contribution < 1.29 is 22.9 Å². The number of nitrogen functional groups attached to an aromatic ring is 1. The fourth-order valence-electron chi connectivity index (χ4n) is 2.58. The third-order valence-electron chi connectivity index (χ3n) is 4.10. The molecule has 3 rings (SSSR count). The number of hydrogen-bond acceptors (Lipinski definition) is 7. The van der Waals surface area contributed by atoms with Crippen LogP contribution < -0.4 is 11.2 Å². The molecule has 13 heteroatoms. The van der Waals surface area contributed by atoms with Crippen LogP contribution in [0.1, 0.15) is 11.1 Å². The monoisotopic (exact) mass is 452 g/mol. The number of carbonyl (C=O) groups excluding carboxylic acids is 1. The summed E-state index contributed by atoms with van der Waals surface area (Å²) in [5.41, 5.74) is -0.887. The highest BCUT2D eigenvalue weighted by molar-refractivity contribution is 7.99. The number of aromatic nitrogens is 3. The molecule has 1 amide bonds. The number of nitro groups is 1. The Morgan fingerprint density at radius 3 is 2.52 bits per heavy atom. The van der Waals surface area contributed by atoms with E-state index in [4.69, 9.17) is 5.84 Å². The molecule has 31 heavy (non-hydrogen) atoms. The lowest BCUT2D eigenvalue weighted by Crippen LogP contribution is -2.19. The molecule has 0 bridgehead atoms. The molecule has 1 heterocycles. The molecule has 162 valence electrons. The zero-order valence-corrected chi connectivity index (χ0v) is 16.7. The van der Waals surface area contributed by atoms with Crippen molar-refractivity contribution in [2.24, 2.45) is 0 Å². The van der Waals surface area contributed by atoms with Gasteiger partial charge < -0.3 is 11.2 Å². The number of nitrogens with two attached hydrogens (primary N) is 1. The Morgan fingerprint density at radius 1 is 1.23 bits per heavy atom. The Kier molecular flexibility index (Phi) is 6.15. The van der Waals surface area contributed by atoms with Gasteiger partial charge in [-0.2, -0.15) is 13.2 Å². The van der Waals surface area contributed by atoms with Crippen LogP contribution >= 0.6 is 11.8 Å². The number of alkyl halides is 3. The smallest absolute Gasteiger partial charge is 0.335 e. The number of nitrogens with zero attached hydrogens (tertiary/aromatic N) is 4. The first-order chi connectivity index (χ1) is 14.6. The molecular formula is C18H15F3N6O3S. The summed E-state index contributed by atoms with van der Waals surface area (Å²) < 4.78 is 40.8. The van der Waals surface area contributed by atoms with E-state index in [1.165, 1.54) is 4.68 Å². The van der Waals surface area contributed by atoms with Crippen LogP contribution in [0.15, 0.2) is 47.6 Å². The number of non-ortho nitro benzene ring substituents is 1. The van der Waals surface area contributed by atoms with Gasteiger partial charge in [0.1, 0.15) is 0 Å². The van der Waals surface area contributed by atoms with Crippen molar-refractivity contribution in [3.05, 3.63) is 63.7 Å². The molecule has 0 radical (unpaired) electrons. The van der Waals surface area contributed by atoms with Gasteiger partial charge in [0.2, 0.25) is 11.1 Å². The lowest BCUT2D eigenvalue weighted by molar-refractivity contribution is -0.385. The Hall–Kier alpha value is -3.61. The molecule has 0 fully saturated rings. The number of nitro benzene ring substituents is 1. The van der Waals surface area contributed by atoms with Gasteiger partial charge in [-0.15, -0.1) is 10.2 Å². The molecule has 0 aliphatic heterocycles. The average molecular weight is 452 g/mol. The van der Waals surface area contributed by atoms with Crippen LogP contribution in [0.25, 0.3) is 11.4 Å². The zero-order valence-electron chi connectivity index (χ0n) is 15.9. The van der Waals surface area contributed by atoms with Gasteiger partial charge in [0, 0.05) is 17.7 Å². The summed E-state index contributed by atoms with van der Waals surface area (Å²) in [6.45, 7) is 1.92. The molecule has 0 saturated heterocycles. The van der Waals surface area contributed by atoms with Gasteiger partial charge in [0.25, 0.3) is 5.69 Å². The number of halogens is 3. The number of benzene rings is 2. The summed E-state index contributed by atoms with van der Waals surface area (Å²) in [7, 11) is 0. The van der Waals surface area contributed by atoms with Gasteiger partial charge in [-0.25, -0.2) is 4.68 Å². The van der Waals surface area contributed by atoms with Crippen LogP contribution in [0.5, 0.6) is 0 Å². The number of hydrogen-bond donors (Lipinski definition) is 2. The van der Waals surface area contributed by atoms with Crippen LogP contribution in [0.4, 0.5) is 24.5 Å². The summed E-state index contributed by atoms with van der Waals surface area (Å²) in [6.07, 6.45) is -4.89. The number of nitrogens with one attached hydrogen (secondary N) is 1. The molecule has 0 spiro atoms. The molecule has 0 aliphatic rings. The Balaban J connectivity index is 1.71. The van der Waals surface area contributed by atoms with E-state index in [0.29, 0.717) is 17.5 Å². The van der Waals surface area contributed by atoms with Crippen molar-refractivity contribution >= 4 is 29.0 Å². The fraction of sp³-hybridized carbons (Fsp3) is 0.167. The van der Waals surface area contributed by atoms with E-state index in [0.717, 1.165) is 29.5 Å². The Labute approximate surface area is 177 Å². The summed E-state index contributed by atoms with van der Waals surface area (Å²) in [5, 5.41) is 20.9. The SMILES string of the molecule is Cc1ccc(-c2nnc(SCC(=O)Nc3ccc([N+](=O)[O-])cc3C(F)(F)F)n2N)cc1. The van der Waals surface area contributed by atoms with Crippen LogP contribution in [0.2, 0.25) is 0 Å². The molecule has 9 nitrogen and oxygen atoms in total. The number of amides is 1. The van der Waals surface area contributed by atoms with E-state index in [1.54, 1.807) is 12.1 Å². The van der Waals surface area contributed by atoms with Crippen LogP contribution in [-0.2, 0) is 11.0 Å². The van der Waals surface area contributed by atoms with Gasteiger partial charge in [0.05, 0.1) is 21.9 Å². The van der Waals surface area contributed by atoms with Gasteiger partial charge in [-0.3, -0.25) is 14.9 Å². The van der Waals surface area contributed by atoms with Gasteiger partial charge in [0.15, 0.2) is 5.82 Å². The Bertz CT molecular complexity index is 1130. The molecule has 1 aromatic heterocycles. The summed E-state index contributed by atoms with van der Waals surface area (Å²) in [5.74, 6) is 5.24. The third-order valence-corrected chi connectivity index (χ3v) is 5.04. The molecule has 3 aromatic rings. The van der Waals surface area contributed by atoms with E-state index in [9.17, 15) is 28.1 Å². The molecule has 0 saturated carbocycles. The van der Waals surface area contributed by atoms with E-state index in [2.05, 4.69) is 15.5 Å². The zero-order chi connectivity index (χ0) is 22.8. The van der Waals surface area contributed by atoms with Crippen LogP contribution in [-0.4, -0.2) is 31.5 Å². The van der Waals surface area contributed by atoms with Gasteiger partial charge in [-0.1, -0.05) is 41.6 Å². The second kappa shape index (κ2) is 8.63. The van der Waals surface area contributed by atoms with Crippen molar-refractivity contribution in [1.29, 1.82) is 0 Å². The maximum absolute atomic E-state index is 13.2. The predicted molar refractivity (Wildman–Crippen MR) is 108 cm³/mol. The maximum Gasteiger partial charge on any atom is 0.418 e. The first-order valence-electron chi connectivity index (χ1n) is 8.62. The molecule has 0 unspecified atom stereocenters. The third kappa shape index (κ3) is 5.12. The lowest BCUT2D eigenvalue weighted by atomic mass is 10.1. The number of anilines is 1. The molecule has 3 N–H and O–H groups in total. The van der Waals surface area contributed by atoms with Crippen molar-refractivity contribution in [2.45, 2.75) is 18.3 Å². The first kappa shape index (κ1) is 22.1. The largest absolute Gasteiger partial charge is 0.418 e. The normalized spacial score (nSPS) is 11.4. The van der Waals surface area contributed by atoms with E-state index in [1.807, 2.05) is 19.1 Å². The van der Waals surface area contributed by atoms with E-state index < -0.39 is 33.9 Å². The highest BCUT2D eigenvalue weighted by atomic mass is 32.2. The predicted octanol–water partition coefficient (Wildman–Crippen LogP) is 3.63. The molecule has 0 aliphatic carbocycles. The van der Waals surface area contributed by atoms with Gasteiger partial charge in [-0.05, 0) is 13.0 Å². The van der Waals surface area contributed by atoms with Crippen molar-refractivity contribution in [3.63, 3.8) is 0 Å². The molecular weight excluding hydrogens is 437 g/mol.